The highest BCUT2D eigenvalue weighted by molar-refractivity contribution is 7.92. The van der Waals surface area contributed by atoms with Crippen LogP contribution in [0.3, 0.4) is 0 Å². The third-order valence-electron chi connectivity index (χ3n) is 4.43. The quantitative estimate of drug-likeness (QED) is 0.612. The number of anilines is 1. The Morgan fingerprint density at radius 2 is 1.60 bits per heavy atom. The van der Waals surface area contributed by atoms with E-state index in [1.807, 2.05) is 44.2 Å². The second-order valence-electron chi connectivity index (χ2n) is 8.09. The van der Waals surface area contributed by atoms with Gasteiger partial charge in [0, 0.05) is 0 Å². The van der Waals surface area contributed by atoms with Crippen LogP contribution in [0.4, 0.5) is 5.69 Å². The molecule has 0 radical (unpaired) electrons. The summed E-state index contributed by atoms with van der Waals surface area (Å²) >= 11 is 0. The number of ether oxygens (including phenoxy) is 1. The van der Waals surface area contributed by atoms with Crippen molar-refractivity contribution in [2.24, 2.45) is 5.92 Å². The predicted octanol–water partition coefficient (Wildman–Crippen LogP) is 4.14. The molecule has 30 heavy (non-hydrogen) atoms. The number of sulfonamides is 1. The van der Waals surface area contributed by atoms with Crippen molar-refractivity contribution in [1.82, 2.24) is 5.32 Å². The second-order valence-corrected chi connectivity index (χ2v) is 10.00. The van der Waals surface area contributed by atoms with Crippen LogP contribution in [0.25, 0.3) is 0 Å². The van der Waals surface area contributed by atoms with Gasteiger partial charge in [-0.1, -0.05) is 44.2 Å². The van der Waals surface area contributed by atoms with E-state index in [1.54, 1.807) is 24.3 Å². The Morgan fingerprint density at radius 1 is 1.00 bits per heavy atom. The van der Waals surface area contributed by atoms with Crippen LogP contribution >= 0.6 is 0 Å². The zero-order valence-electron chi connectivity index (χ0n) is 18.3. The molecule has 0 unspecified atom stereocenters. The van der Waals surface area contributed by atoms with E-state index in [2.05, 4.69) is 19.2 Å². The molecule has 0 aromatic heterocycles. The van der Waals surface area contributed by atoms with E-state index in [9.17, 15) is 13.2 Å². The second kappa shape index (κ2) is 10.5. The normalized spacial score (nSPS) is 12.6. The lowest BCUT2D eigenvalue weighted by atomic mass is 9.97. The number of carbonyl (C=O) groups is 1. The van der Waals surface area contributed by atoms with Gasteiger partial charge in [-0.05, 0) is 56.0 Å². The van der Waals surface area contributed by atoms with Gasteiger partial charge in [0.05, 0.1) is 24.1 Å². The van der Waals surface area contributed by atoms with Crippen LogP contribution in [0.15, 0.2) is 54.6 Å². The van der Waals surface area contributed by atoms with Crippen LogP contribution in [0.5, 0.6) is 5.75 Å². The van der Waals surface area contributed by atoms with E-state index >= 15 is 0 Å². The Bertz CT molecular complexity index is 910. The van der Waals surface area contributed by atoms with E-state index in [0.29, 0.717) is 17.4 Å². The van der Waals surface area contributed by atoms with E-state index in [1.165, 1.54) is 0 Å². The summed E-state index contributed by atoms with van der Waals surface area (Å²) in [4.78, 5) is 12.8. The monoisotopic (exact) mass is 432 g/mol. The summed E-state index contributed by atoms with van der Waals surface area (Å²) < 4.78 is 31.5. The van der Waals surface area contributed by atoms with Crippen LogP contribution in [0.2, 0.25) is 0 Å². The SMILES string of the molecule is CC(C)C[C@H](NC(=O)CN(c1ccc(OC(C)C)cc1)S(C)(=O)=O)c1ccccc1. The molecule has 6 nitrogen and oxygen atoms in total. The van der Waals surface area contributed by atoms with E-state index in [0.717, 1.165) is 22.5 Å². The molecule has 7 heteroatoms. The number of carbonyl (C=O) groups excluding carboxylic acids is 1. The minimum Gasteiger partial charge on any atom is -0.491 e. The molecule has 0 aliphatic heterocycles. The number of nitrogens with zero attached hydrogens (tertiary/aromatic N) is 1. The number of nitrogens with one attached hydrogen (secondary N) is 1. The number of amides is 1. The van der Waals surface area contributed by atoms with Gasteiger partial charge in [-0.15, -0.1) is 0 Å². The standard InChI is InChI=1S/C23H32N2O4S/c1-17(2)15-22(19-9-7-6-8-10-19)24-23(26)16-25(30(5,27)28)20-11-13-21(14-12-20)29-18(3)4/h6-14,17-18,22H,15-16H2,1-5H3,(H,24,26)/t22-/m0/s1. The Labute approximate surface area is 180 Å². The lowest BCUT2D eigenvalue weighted by Gasteiger charge is -2.25. The van der Waals surface area contributed by atoms with Crippen LogP contribution in [-0.4, -0.2) is 33.2 Å². The van der Waals surface area contributed by atoms with Crippen LogP contribution in [0.1, 0.15) is 45.7 Å². The van der Waals surface area contributed by atoms with Gasteiger partial charge >= 0.3 is 0 Å². The molecule has 164 valence electrons. The summed E-state index contributed by atoms with van der Waals surface area (Å²) in [5, 5.41) is 3.00. The molecule has 2 aromatic rings. The molecule has 2 aromatic carbocycles. The zero-order valence-corrected chi connectivity index (χ0v) is 19.1. The number of benzene rings is 2. The smallest absolute Gasteiger partial charge is 0.241 e. The average Bonchev–Trinajstić information content (AvgIpc) is 2.65. The van der Waals surface area contributed by atoms with Crippen molar-refractivity contribution in [1.29, 1.82) is 0 Å². The van der Waals surface area contributed by atoms with Gasteiger partial charge in [0.15, 0.2) is 0 Å². The highest BCUT2D eigenvalue weighted by atomic mass is 32.2. The Kier molecular flexibility index (Phi) is 8.29. The van der Waals surface area contributed by atoms with Crippen molar-refractivity contribution in [3.8, 4) is 5.75 Å². The van der Waals surface area contributed by atoms with Crippen molar-refractivity contribution in [2.45, 2.75) is 46.3 Å². The minimum absolute atomic E-state index is 0.0171. The van der Waals surface area contributed by atoms with Crippen molar-refractivity contribution < 1.29 is 17.9 Å². The summed E-state index contributed by atoms with van der Waals surface area (Å²) in [7, 11) is -3.64. The van der Waals surface area contributed by atoms with Crippen molar-refractivity contribution in [3.63, 3.8) is 0 Å². The molecule has 1 N–H and O–H groups in total. The third kappa shape index (κ3) is 7.37. The Balaban J connectivity index is 2.18. The first-order valence-electron chi connectivity index (χ1n) is 10.1. The lowest BCUT2D eigenvalue weighted by molar-refractivity contribution is -0.120. The first-order valence-corrected chi connectivity index (χ1v) is 12.0. The van der Waals surface area contributed by atoms with Gasteiger partial charge in [0.2, 0.25) is 15.9 Å². The van der Waals surface area contributed by atoms with E-state index < -0.39 is 10.0 Å². The molecular weight excluding hydrogens is 400 g/mol. The molecule has 0 heterocycles. The third-order valence-corrected chi connectivity index (χ3v) is 5.57. The Hall–Kier alpha value is -2.54. The summed E-state index contributed by atoms with van der Waals surface area (Å²) in [6, 6.07) is 16.2. The number of rotatable bonds is 10. The summed E-state index contributed by atoms with van der Waals surface area (Å²) in [5.41, 5.74) is 1.42. The molecule has 0 bridgehead atoms. The lowest BCUT2D eigenvalue weighted by Crippen LogP contribution is -2.41. The van der Waals surface area contributed by atoms with Crippen LogP contribution in [0, 0.1) is 5.92 Å². The molecule has 2 rings (SSSR count). The van der Waals surface area contributed by atoms with Gasteiger partial charge in [0.25, 0.3) is 0 Å². The maximum absolute atomic E-state index is 12.8. The van der Waals surface area contributed by atoms with Gasteiger partial charge in [-0.2, -0.15) is 0 Å². The zero-order chi connectivity index (χ0) is 22.3. The van der Waals surface area contributed by atoms with Crippen LogP contribution < -0.4 is 14.4 Å². The topological polar surface area (TPSA) is 75.7 Å². The molecule has 1 atom stereocenters. The molecule has 0 saturated heterocycles. The van der Waals surface area contributed by atoms with Crippen molar-refractivity contribution in [2.75, 3.05) is 17.1 Å². The van der Waals surface area contributed by atoms with E-state index in [-0.39, 0.29) is 24.6 Å². The molecule has 0 saturated carbocycles. The van der Waals surface area contributed by atoms with Gasteiger partial charge in [0.1, 0.15) is 12.3 Å². The summed E-state index contributed by atoms with van der Waals surface area (Å²) in [6.45, 7) is 7.73. The van der Waals surface area contributed by atoms with Crippen molar-refractivity contribution >= 4 is 21.6 Å². The number of hydrogen-bond acceptors (Lipinski definition) is 4. The predicted molar refractivity (Wildman–Crippen MR) is 121 cm³/mol. The Morgan fingerprint density at radius 3 is 2.10 bits per heavy atom. The fourth-order valence-electron chi connectivity index (χ4n) is 3.17. The molecule has 0 aliphatic rings. The van der Waals surface area contributed by atoms with Crippen molar-refractivity contribution in [3.05, 3.63) is 60.2 Å². The van der Waals surface area contributed by atoms with Gasteiger partial charge < -0.3 is 10.1 Å². The van der Waals surface area contributed by atoms with E-state index in [4.69, 9.17) is 4.74 Å². The first kappa shape index (κ1) is 23.7. The first-order chi connectivity index (χ1) is 14.1. The van der Waals surface area contributed by atoms with Gasteiger partial charge in [-0.25, -0.2) is 8.42 Å². The minimum atomic E-state index is -3.64. The number of hydrogen-bond donors (Lipinski definition) is 1. The fraction of sp³-hybridized carbons (Fsp3) is 0.435. The average molecular weight is 433 g/mol. The van der Waals surface area contributed by atoms with Gasteiger partial charge in [-0.3, -0.25) is 9.10 Å². The molecule has 1 amide bonds. The summed E-state index contributed by atoms with van der Waals surface area (Å²) in [6.07, 6.45) is 1.88. The maximum Gasteiger partial charge on any atom is 0.241 e. The maximum atomic E-state index is 12.8. The molecule has 0 spiro atoms. The van der Waals surface area contributed by atoms with Crippen LogP contribution in [-0.2, 0) is 14.8 Å². The largest absolute Gasteiger partial charge is 0.491 e. The fourth-order valence-corrected chi connectivity index (χ4v) is 4.03. The highest BCUT2D eigenvalue weighted by Gasteiger charge is 2.23. The molecule has 0 fully saturated rings. The molecular formula is C23H32N2O4S. The molecule has 0 aliphatic carbocycles. The summed E-state index contributed by atoms with van der Waals surface area (Å²) in [5.74, 6) is 0.667. The highest BCUT2D eigenvalue weighted by Crippen LogP contribution is 2.24.